The molecule has 1 aromatic carbocycles. The van der Waals surface area contributed by atoms with E-state index in [-0.39, 0.29) is 0 Å². The standard InChI is InChI=1S/C12H15NO2/c1-2-13-8-7-12(9-13)14-10-5-3-4-6-11(10)15-12/h3-6H,2,7-9H2,1H3. The Hall–Kier alpha value is -1.22. The van der Waals surface area contributed by atoms with E-state index in [1.807, 2.05) is 24.3 Å². The number of benzene rings is 1. The number of hydrogen-bond acceptors (Lipinski definition) is 3. The monoisotopic (exact) mass is 205 g/mol. The summed E-state index contributed by atoms with van der Waals surface area (Å²) in [5.41, 5.74) is 0. The molecule has 0 aromatic heterocycles. The van der Waals surface area contributed by atoms with Crippen LogP contribution in [0.5, 0.6) is 11.5 Å². The summed E-state index contributed by atoms with van der Waals surface area (Å²) in [5, 5.41) is 0. The van der Waals surface area contributed by atoms with Crippen molar-refractivity contribution < 1.29 is 9.47 Å². The van der Waals surface area contributed by atoms with Crippen molar-refractivity contribution in [1.29, 1.82) is 0 Å². The topological polar surface area (TPSA) is 21.7 Å². The van der Waals surface area contributed by atoms with Crippen LogP contribution in [-0.4, -0.2) is 30.3 Å². The number of hydrogen-bond donors (Lipinski definition) is 0. The highest BCUT2D eigenvalue weighted by Crippen LogP contribution is 2.42. The second-order valence-electron chi connectivity index (χ2n) is 4.18. The minimum absolute atomic E-state index is 0.403. The lowest BCUT2D eigenvalue weighted by Crippen LogP contribution is -2.41. The lowest BCUT2D eigenvalue weighted by Gasteiger charge is -2.22. The van der Waals surface area contributed by atoms with Crippen molar-refractivity contribution in [3.63, 3.8) is 0 Å². The second kappa shape index (κ2) is 3.14. The summed E-state index contributed by atoms with van der Waals surface area (Å²) in [5.74, 6) is 1.37. The van der Waals surface area contributed by atoms with Gasteiger partial charge in [-0.05, 0) is 18.7 Å². The number of nitrogens with zero attached hydrogens (tertiary/aromatic N) is 1. The molecular formula is C12H15NO2. The molecule has 0 saturated carbocycles. The summed E-state index contributed by atoms with van der Waals surface area (Å²) in [6.07, 6.45) is 0.954. The number of rotatable bonds is 1. The van der Waals surface area contributed by atoms with Crippen molar-refractivity contribution >= 4 is 0 Å². The van der Waals surface area contributed by atoms with Crippen LogP contribution in [0.25, 0.3) is 0 Å². The van der Waals surface area contributed by atoms with E-state index in [1.54, 1.807) is 0 Å². The molecule has 0 amide bonds. The van der Waals surface area contributed by atoms with Gasteiger partial charge in [0.05, 0.1) is 6.54 Å². The zero-order chi connectivity index (χ0) is 10.3. The summed E-state index contributed by atoms with van der Waals surface area (Å²) in [4.78, 5) is 2.35. The van der Waals surface area contributed by atoms with E-state index in [1.165, 1.54) is 0 Å². The third kappa shape index (κ3) is 1.38. The fraction of sp³-hybridized carbons (Fsp3) is 0.500. The normalized spacial score (nSPS) is 22.5. The molecule has 2 aliphatic rings. The molecule has 3 heteroatoms. The van der Waals surface area contributed by atoms with Gasteiger partial charge in [-0.1, -0.05) is 19.1 Å². The predicted molar refractivity (Wildman–Crippen MR) is 57.2 cm³/mol. The Morgan fingerprint density at radius 3 is 2.47 bits per heavy atom. The minimum atomic E-state index is -0.403. The fourth-order valence-electron chi connectivity index (χ4n) is 2.30. The van der Waals surface area contributed by atoms with E-state index in [4.69, 9.17) is 9.47 Å². The molecule has 3 nitrogen and oxygen atoms in total. The summed E-state index contributed by atoms with van der Waals surface area (Å²) in [7, 11) is 0. The van der Waals surface area contributed by atoms with Crippen molar-refractivity contribution in [3.05, 3.63) is 24.3 Å². The van der Waals surface area contributed by atoms with E-state index in [2.05, 4.69) is 11.8 Å². The van der Waals surface area contributed by atoms with Crippen molar-refractivity contribution in [3.8, 4) is 11.5 Å². The predicted octanol–water partition coefficient (Wildman–Crippen LogP) is 1.88. The van der Waals surface area contributed by atoms with E-state index < -0.39 is 5.79 Å². The minimum Gasteiger partial charge on any atom is -0.447 e. The summed E-state index contributed by atoms with van der Waals surface area (Å²) in [6, 6.07) is 7.90. The molecule has 0 N–H and O–H groups in total. The van der Waals surface area contributed by atoms with Gasteiger partial charge in [-0.25, -0.2) is 0 Å². The van der Waals surface area contributed by atoms with Crippen LogP contribution in [0.4, 0.5) is 0 Å². The number of likely N-dealkylation sites (tertiary alicyclic amines) is 1. The Bertz CT molecular complexity index is 353. The highest BCUT2D eigenvalue weighted by atomic mass is 16.7. The van der Waals surface area contributed by atoms with E-state index in [9.17, 15) is 0 Å². The largest absolute Gasteiger partial charge is 0.447 e. The van der Waals surface area contributed by atoms with Gasteiger partial charge in [0.1, 0.15) is 0 Å². The maximum absolute atomic E-state index is 5.92. The molecule has 0 aliphatic carbocycles. The third-order valence-electron chi connectivity index (χ3n) is 3.16. The molecule has 0 atom stereocenters. The fourth-order valence-corrected chi connectivity index (χ4v) is 2.30. The number of likely N-dealkylation sites (N-methyl/N-ethyl adjacent to an activating group) is 1. The second-order valence-corrected chi connectivity index (χ2v) is 4.18. The summed E-state index contributed by atoms with van der Waals surface area (Å²) < 4.78 is 11.8. The molecule has 0 radical (unpaired) electrons. The Morgan fingerprint density at radius 2 is 1.93 bits per heavy atom. The van der Waals surface area contributed by atoms with Crippen LogP contribution in [-0.2, 0) is 0 Å². The molecular weight excluding hydrogens is 190 g/mol. The maximum Gasteiger partial charge on any atom is 0.265 e. The average Bonchev–Trinajstić information content (AvgIpc) is 2.81. The quantitative estimate of drug-likeness (QED) is 0.698. The van der Waals surface area contributed by atoms with Crippen LogP contribution in [0, 0.1) is 0 Å². The molecule has 1 spiro atoms. The van der Waals surface area contributed by atoms with Gasteiger partial charge in [-0.15, -0.1) is 0 Å². The van der Waals surface area contributed by atoms with Gasteiger partial charge in [0.15, 0.2) is 11.5 Å². The van der Waals surface area contributed by atoms with Gasteiger partial charge in [-0.2, -0.15) is 0 Å². The van der Waals surface area contributed by atoms with Crippen LogP contribution >= 0.6 is 0 Å². The zero-order valence-corrected chi connectivity index (χ0v) is 8.90. The first-order valence-corrected chi connectivity index (χ1v) is 5.51. The Labute approximate surface area is 89.6 Å². The molecule has 15 heavy (non-hydrogen) atoms. The van der Waals surface area contributed by atoms with Crippen LogP contribution in [0.3, 0.4) is 0 Å². The Balaban J connectivity index is 1.84. The lowest BCUT2D eigenvalue weighted by molar-refractivity contribution is -0.0670. The number of fused-ring (bicyclic) bond motifs is 1. The van der Waals surface area contributed by atoms with Gasteiger partial charge in [0.2, 0.25) is 0 Å². The van der Waals surface area contributed by atoms with E-state index >= 15 is 0 Å². The SMILES string of the molecule is CCN1CCC2(C1)Oc1ccccc1O2. The smallest absolute Gasteiger partial charge is 0.265 e. The van der Waals surface area contributed by atoms with Gasteiger partial charge in [0, 0.05) is 13.0 Å². The highest BCUT2D eigenvalue weighted by molar-refractivity contribution is 5.43. The average molecular weight is 205 g/mol. The Kier molecular flexibility index (Phi) is 1.89. The first-order valence-electron chi connectivity index (χ1n) is 5.51. The molecule has 1 saturated heterocycles. The molecule has 1 aromatic rings. The molecule has 2 heterocycles. The van der Waals surface area contributed by atoms with Crippen LogP contribution in [0.1, 0.15) is 13.3 Å². The third-order valence-corrected chi connectivity index (χ3v) is 3.16. The number of ether oxygens (including phenoxy) is 2. The van der Waals surface area contributed by atoms with Crippen LogP contribution in [0.15, 0.2) is 24.3 Å². The van der Waals surface area contributed by atoms with Gasteiger partial charge in [-0.3, -0.25) is 4.90 Å². The zero-order valence-electron chi connectivity index (χ0n) is 8.90. The highest BCUT2D eigenvalue weighted by Gasteiger charge is 2.46. The first kappa shape index (κ1) is 9.04. The van der Waals surface area contributed by atoms with Crippen molar-refractivity contribution in [1.82, 2.24) is 4.90 Å². The van der Waals surface area contributed by atoms with Crippen LogP contribution < -0.4 is 9.47 Å². The van der Waals surface area contributed by atoms with E-state index in [0.29, 0.717) is 0 Å². The molecule has 80 valence electrons. The molecule has 1 fully saturated rings. The van der Waals surface area contributed by atoms with E-state index in [0.717, 1.165) is 37.6 Å². The van der Waals surface area contributed by atoms with Gasteiger partial charge >= 0.3 is 0 Å². The summed E-state index contributed by atoms with van der Waals surface area (Å²) >= 11 is 0. The maximum atomic E-state index is 5.92. The number of para-hydroxylation sites is 2. The summed E-state index contributed by atoms with van der Waals surface area (Å²) in [6.45, 7) is 5.16. The molecule has 2 aliphatic heterocycles. The van der Waals surface area contributed by atoms with Gasteiger partial charge in [0.25, 0.3) is 5.79 Å². The molecule has 0 unspecified atom stereocenters. The van der Waals surface area contributed by atoms with Crippen molar-refractivity contribution in [2.45, 2.75) is 19.1 Å². The van der Waals surface area contributed by atoms with Crippen molar-refractivity contribution in [2.75, 3.05) is 19.6 Å². The van der Waals surface area contributed by atoms with Gasteiger partial charge < -0.3 is 9.47 Å². The molecule has 3 rings (SSSR count). The molecule has 0 bridgehead atoms. The Morgan fingerprint density at radius 1 is 1.27 bits per heavy atom. The first-order chi connectivity index (χ1) is 7.31. The van der Waals surface area contributed by atoms with Crippen LogP contribution in [0.2, 0.25) is 0 Å². The lowest BCUT2D eigenvalue weighted by atomic mass is 10.2. The van der Waals surface area contributed by atoms with Crippen molar-refractivity contribution in [2.24, 2.45) is 0 Å².